The van der Waals surface area contributed by atoms with E-state index in [2.05, 4.69) is 15.5 Å². The molecule has 1 unspecified atom stereocenters. The number of rotatable bonds is 6. The Morgan fingerprint density at radius 1 is 1.19 bits per heavy atom. The van der Waals surface area contributed by atoms with Crippen molar-refractivity contribution in [2.24, 2.45) is 5.92 Å². The first kappa shape index (κ1) is 21.2. The molecular formula is C22H24N4O4S. The van der Waals surface area contributed by atoms with Crippen LogP contribution >= 0.6 is 0 Å². The molecule has 2 heterocycles. The second-order valence-corrected chi connectivity index (χ2v) is 9.55. The van der Waals surface area contributed by atoms with E-state index in [1.54, 1.807) is 30.3 Å². The Balaban J connectivity index is 1.37. The number of nitrogens with one attached hydrogen (secondary N) is 1. The number of amides is 1. The minimum absolute atomic E-state index is 0.0968. The molecule has 1 N–H and O–H groups in total. The van der Waals surface area contributed by atoms with Crippen molar-refractivity contribution in [1.29, 1.82) is 0 Å². The van der Waals surface area contributed by atoms with Crippen LogP contribution in [0.2, 0.25) is 0 Å². The van der Waals surface area contributed by atoms with Gasteiger partial charge in [-0.15, -0.1) is 0 Å². The lowest BCUT2D eigenvalue weighted by Gasteiger charge is -2.31. The third-order valence-electron chi connectivity index (χ3n) is 5.29. The molecule has 9 heteroatoms. The van der Waals surface area contributed by atoms with E-state index in [1.165, 1.54) is 4.31 Å². The third-order valence-corrected chi connectivity index (χ3v) is 7.17. The lowest BCUT2D eigenvalue weighted by atomic mass is 9.99. The van der Waals surface area contributed by atoms with Crippen molar-refractivity contribution in [3.05, 3.63) is 66.1 Å². The van der Waals surface area contributed by atoms with Gasteiger partial charge in [-0.25, -0.2) is 8.42 Å². The first-order chi connectivity index (χ1) is 14.9. The quantitative estimate of drug-likeness (QED) is 0.632. The SMILES string of the molecule is Cc1cccc(-c2noc(CNC(=O)C3CCCN(S(=O)(=O)c4ccccc4)C3)n2)c1. The Morgan fingerprint density at radius 2 is 2.00 bits per heavy atom. The number of hydrogen-bond donors (Lipinski definition) is 1. The molecule has 1 atom stereocenters. The zero-order chi connectivity index (χ0) is 21.8. The lowest BCUT2D eigenvalue weighted by molar-refractivity contribution is -0.126. The summed E-state index contributed by atoms with van der Waals surface area (Å²) >= 11 is 0. The van der Waals surface area contributed by atoms with Gasteiger partial charge in [-0.3, -0.25) is 4.79 Å². The molecule has 0 radical (unpaired) electrons. The molecule has 31 heavy (non-hydrogen) atoms. The standard InChI is InChI=1S/C22H24N4O4S/c1-16-7-5-8-17(13-16)21-24-20(30-25-21)14-23-22(27)18-9-6-12-26(15-18)31(28,29)19-10-3-2-4-11-19/h2-5,7-8,10-11,13,18H,6,9,12,14-15H2,1H3,(H,23,27). The van der Waals surface area contributed by atoms with Crippen LogP contribution in [0.3, 0.4) is 0 Å². The molecular weight excluding hydrogens is 416 g/mol. The van der Waals surface area contributed by atoms with Crippen LogP contribution in [0.5, 0.6) is 0 Å². The van der Waals surface area contributed by atoms with Gasteiger partial charge in [0.25, 0.3) is 0 Å². The number of piperidine rings is 1. The fourth-order valence-electron chi connectivity index (χ4n) is 3.65. The number of hydrogen-bond acceptors (Lipinski definition) is 6. The summed E-state index contributed by atoms with van der Waals surface area (Å²) in [5, 5.41) is 6.77. The highest BCUT2D eigenvalue weighted by atomic mass is 32.2. The van der Waals surface area contributed by atoms with E-state index in [-0.39, 0.29) is 23.9 Å². The molecule has 0 aliphatic carbocycles. The van der Waals surface area contributed by atoms with Crippen molar-refractivity contribution in [1.82, 2.24) is 19.8 Å². The van der Waals surface area contributed by atoms with E-state index in [0.717, 1.165) is 11.1 Å². The van der Waals surface area contributed by atoms with E-state index in [0.29, 0.717) is 31.1 Å². The maximum atomic E-state index is 12.9. The van der Waals surface area contributed by atoms with Crippen molar-refractivity contribution in [3.63, 3.8) is 0 Å². The van der Waals surface area contributed by atoms with E-state index >= 15 is 0 Å². The molecule has 1 fully saturated rings. The predicted octanol–water partition coefficient (Wildman–Crippen LogP) is 2.76. The van der Waals surface area contributed by atoms with E-state index in [1.807, 2.05) is 31.2 Å². The van der Waals surface area contributed by atoms with Gasteiger partial charge in [0.1, 0.15) is 0 Å². The summed E-state index contributed by atoms with van der Waals surface area (Å²) in [4.78, 5) is 17.3. The topological polar surface area (TPSA) is 105 Å². The van der Waals surface area contributed by atoms with Crippen LogP contribution in [0.1, 0.15) is 24.3 Å². The Labute approximate surface area is 181 Å². The van der Waals surface area contributed by atoms with Crippen LogP contribution < -0.4 is 5.32 Å². The van der Waals surface area contributed by atoms with Gasteiger partial charge in [0, 0.05) is 18.7 Å². The molecule has 1 aliphatic heterocycles. The van der Waals surface area contributed by atoms with E-state index < -0.39 is 15.9 Å². The van der Waals surface area contributed by atoms with Gasteiger partial charge in [-0.1, -0.05) is 47.1 Å². The average molecular weight is 441 g/mol. The summed E-state index contributed by atoms with van der Waals surface area (Å²) in [7, 11) is -3.61. The lowest BCUT2D eigenvalue weighted by Crippen LogP contribution is -2.45. The second-order valence-electron chi connectivity index (χ2n) is 7.61. The predicted molar refractivity (Wildman–Crippen MR) is 114 cm³/mol. The van der Waals surface area contributed by atoms with Crippen LogP contribution in [0.25, 0.3) is 11.4 Å². The number of carbonyl (C=O) groups is 1. The Kier molecular flexibility index (Phi) is 6.15. The molecule has 1 aliphatic rings. The van der Waals surface area contributed by atoms with Gasteiger partial charge in [0.15, 0.2) is 0 Å². The van der Waals surface area contributed by atoms with E-state index in [4.69, 9.17) is 4.52 Å². The summed E-state index contributed by atoms with van der Waals surface area (Å²) in [5.41, 5.74) is 1.93. The molecule has 1 aromatic heterocycles. The first-order valence-electron chi connectivity index (χ1n) is 10.2. The molecule has 0 spiro atoms. The van der Waals surface area contributed by atoms with Gasteiger partial charge in [0.2, 0.25) is 27.6 Å². The van der Waals surface area contributed by atoms with Crippen LogP contribution in [-0.4, -0.2) is 41.9 Å². The highest BCUT2D eigenvalue weighted by molar-refractivity contribution is 7.89. The van der Waals surface area contributed by atoms with Crippen molar-refractivity contribution in [2.75, 3.05) is 13.1 Å². The maximum absolute atomic E-state index is 12.9. The van der Waals surface area contributed by atoms with Gasteiger partial charge >= 0.3 is 0 Å². The number of aryl methyl sites for hydroxylation is 1. The smallest absolute Gasteiger partial charge is 0.246 e. The molecule has 4 rings (SSSR count). The largest absolute Gasteiger partial charge is 0.347 e. The number of sulfonamides is 1. The Hall–Kier alpha value is -3.04. The van der Waals surface area contributed by atoms with Gasteiger partial charge in [-0.2, -0.15) is 9.29 Å². The molecule has 162 valence electrons. The summed E-state index contributed by atoms with van der Waals surface area (Å²) in [6.07, 6.45) is 1.26. The molecule has 2 aromatic carbocycles. The van der Waals surface area contributed by atoms with Crippen molar-refractivity contribution in [3.8, 4) is 11.4 Å². The average Bonchev–Trinajstić information content (AvgIpc) is 3.27. The minimum Gasteiger partial charge on any atom is -0.347 e. The maximum Gasteiger partial charge on any atom is 0.246 e. The second kappa shape index (κ2) is 8.99. The number of benzene rings is 2. The highest BCUT2D eigenvalue weighted by Gasteiger charge is 2.33. The van der Waals surface area contributed by atoms with E-state index in [9.17, 15) is 13.2 Å². The molecule has 1 saturated heterocycles. The van der Waals surface area contributed by atoms with Gasteiger partial charge in [-0.05, 0) is 38.0 Å². The molecule has 1 amide bonds. The van der Waals surface area contributed by atoms with Crippen LogP contribution in [0.4, 0.5) is 0 Å². The zero-order valence-electron chi connectivity index (χ0n) is 17.2. The molecule has 0 saturated carbocycles. The first-order valence-corrected chi connectivity index (χ1v) is 11.6. The zero-order valence-corrected chi connectivity index (χ0v) is 18.0. The minimum atomic E-state index is -3.61. The van der Waals surface area contributed by atoms with Crippen LogP contribution in [0.15, 0.2) is 64.0 Å². The summed E-state index contributed by atoms with van der Waals surface area (Å²) in [5.74, 6) is 0.120. The summed E-state index contributed by atoms with van der Waals surface area (Å²) in [6.45, 7) is 2.64. The number of aromatic nitrogens is 2. The molecule has 3 aromatic rings. The van der Waals surface area contributed by atoms with Crippen molar-refractivity contribution in [2.45, 2.75) is 31.2 Å². The Morgan fingerprint density at radius 3 is 2.77 bits per heavy atom. The van der Waals surface area contributed by atoms with Crippen molar-refractivity contribution < 1.29 is 17.7 Å². The fraction of sp³-hybridized carbons (Fsp3) is 0.318. The summed E-state index contributed by atoms with van der Waals surface area (Å²) in [6, 6.07) is 16.0. The Bertz CT molecular complexity index is 1160. The fourth-order valence-corrected chi connectivity index (χ4v) is 5.20. The normalized spacial score (nSPS) is 17.4. The molecule has 0 bridgehead atoms. The number of nitrogens with zero attached hydrogens (tertiary/aromatic N) is 3. The van der Waals surface area contributed by atoms with Gasteiger partial charge in [0.05, 0.1) is 17.4 Å². The third kappa shape index (κ3) is 4.83. The monoisotopic (exact) mass is 440 g/mol. The molecule has 8 nitrogen and oxygen atoms in total. The summed E-state index contributed by atoms with van der Waals surface area (Å²) < 4.78 is 32.3. The van der Waals surface area contributed by atoms with Gasteiger partial charge < -0.3 is 9.84 Å². The van der Waals surface area contributed by atoms with Crippen molar-refractivity contribution >= 4 is 15.9 Å². The highest BCUT2D eigenvalue weighted by Crippen LogP contribution is 2.24. The van der Waals surface area contributed by atoms with Crippen LogP contribution in [-0.2, 0) is 21.4 Å². The number of carbonyl (C=O) groups excluding carboxylic acids is 1. The van der Waals surface area contributed by atoms with Crippen LogP contribution in [0, 0.1) is 12.8 Å².